The van der Waals surface area contributed by atoms with Crippen molar-refractivity contribution in [1.82, 2.24) is 14.5 Å². The number of amides is 1. The molecule has 1 aliphatic carbocycles. The fourth-order valence-corrected chi connectivity index (χ4v) is 4.93. The zero-order valence-electron chi connectivity index (χ0n) is 17.9. The van der Waals surface area contributed by atoms with Gasteiger partial charge in [-0.3, -0.25) is 14.2 Å². The molecular weight excluding hydrogens is 410 g/mol. The number of rotatable bonds is 6. The molecule has 1 N–H and O–H groups in total. The van der Waals surface area contributed by atoms with Crippen molar-refractivity contribution in [2.75, 3.05) is 6.54 Å². The van der Waals surface area contributed by atoms with Gasteiger partial charge in [0.1, 0.15) is 11.2 Å². The minimum Gasteiger partial charge on any atom is -0.354 e. The van der Waals surface area contributed by atoms with E-state index in [0.29, 0.717) is 22.4 Å². The molecule has 162 valence electrons. The molecule has 0 spiro atoms. The molecule has 0 unspecified atom stereocenters. The van der Waals surface area contributed by atoms with Crippen molar-refractivity contribution >= 4 is 27.5 Å². The summed E-state index contributed by atoms with van der Waals surface area (Å²) < 4.78 is 3.08. The van der Waals surface area contributed by atoms with Crippen LogP contribution >= 0.6 is 11.3 Å². The number of hydrogen-bond donors (Lipinski definition) is 1. The van der Waals surface area contributed by atoms with Crippen molar-refractivity contribution in [3.8, 4) is 5.69 Å². The van der Waals surface area contributed by atoms with Gasteiger partial charge in [0, 0.05) is 6.54 Å². The van der Waals surface area contributed by atoms with Gasteiger partial charge in [-0.15, -0.1) is 11.3 Å². The van der Waals surface area contributed by atoms with E-state index in [9.17, 15) is 14.4 Å². The van der Waals surface area contributed by atoms with Crippen LogP contribution in [0.1, 0.15) is 43.2 Å². The van der Waals surface area contributed by atoms with E-state index in [1.54, 1.807) is 11.4 Å². The third kappa shape index (κ3) is 4.42. The second-order valence-corrected chi connectivity index (χ2v) is 9.06. The number of thiophene rings is 1. The molecule has 0 fully saturated rings. The monoisotopic (exact) mass is 437 g/mol. The highest BCUT2D eigenvalue weighted by molar-refractivity contribution is 7.17. The third-order valence-electron chi connectivity index (χ3n) is 5.82. The van der Waals surface area contributed by atoms with Gasteiger partial charge in [-0.2, -0.15) is 0 Å². The van der Waals surface area contributed by atoms with Crippen molar-refractivity contribution < 1.29 is 4.79 Å². The predicted molar refractivity (Wildman–Crippen MR) is 125 cm³/mol. The van der Waals surface area contributed by atoms with E-state index in [-0.39, 0.29) is 18.0 Å². The van der Waals surface area contributed by atoms with Gasteiger partial charge in [-0.05, 0) is 74.6 Å². The molecule has 0 bridgehead atoms. The SMILES string of the molecule is Cc1ccc(C)c(-n2c(=O)c3sccc3n(CC(=O)NCCC3=CCCCC3)c2=O)c1. The minimum absolute atomic E-state index is 0.115. The molecule has 4 rings (SSSR count). The first-order valence-corrected chi connectivity index (χ1v) is 11.6. The molecule has 1 aliphatic rings. The van der Waals surface area contributed by atoms with Gasteiger partial charge in [0.05, 0.1) is 11.2 Å². The Hall–Kier alpha value is -2.93. The van der Waals surface area contributed by atoms with Gasteiger partial charge >= 0.3 is 5.69 Å². The second-order valence-electron chi connectivity index (χ2n) is 8.14. The van der Waals surface area contributed by atoms with Crippen molar-refractivity contribution in [2.45, 2.75) is 52.5 Å². The van der Waals surface area contributed by atoms with E-state index in [1.807, 2.05) is 32.0 Å². The third-order valence-corrected chi connectivity index (χ3v) is 6.71. The number of aryl methyl sites for hydroxylation is 2. The number of carbonyl (C=O) groups is 1. The maximum atomic E-state index is 13.4. The van der Waals surface area contributed by atoms with Crippen LogP contribution in [0.3, 0.4) is 0 Å². The van der Waals surface area contributed by atoms with Crippen LogP contribution in [0.25, 0.3) is 15.9 Å². The lowest BCUT2D eigenvalue weighted by atomic mass is 9.97. The molecule has 0 saturated heterocycles. The predicted octanol–water partition coefficient (Wildman–Crippen LogP) is 3.84. The Morgan fingerprint density at radius 3 is 2.77 bits per heavy atom. The number of aromatic nitrogens is 2. The second kappa shape index (κ2) is 9.06. The summed E-state index contributed by atoms with van der Waals surface area (Å²) in [6.07, 6.45) is 7.79. The first-order valence-electron chi connectivity index (χ1n) is 10.7. The van der Waals surface area contributed by atoms with Crippen molar-refractivity contribution in [1.29, 1.82) is 0 Å². The van der Waals surface area contributed by atoms with Crippen LogP contribution in [0, 0.1) is 13.8 Å². The molecule has 0 radical (unpaired) electrons. The standard InChI is InChI=1S/C24H27N3O3S/c1-16-8-9-17(2)20(14-16)27-23(29)22-19(11-13-31-22)26(24(27)30)15-21(28)25-12-10-18-6-4-3-5-7-18/h6,8-9,11,13-14H,3-5,7,10,12,15H2,1-2H3,(H,25,28). The lowest BCUT2D eigenvalue weighted by Gasteiger charge is -2.15. The summed E-state index contributed by atoms with van der Waals surface area (Å²) in [5.41, 5.74) is 3.42. The number of carbonyl (C=O) groups excluding carboxylic acids is 1. The van der Waals surface area contributed by atoms with Crippen molar-refractivity contribution in [3.63, 3.8) is 0 Å². The highest BCUT2D eigenvalue weighted by atomic mass is 32.1. The summed E-state index contributed by atoms with van der Waals surface area (Å²) >= 11 is 1.29. The van der Waals surface area contributed by atoms with E-state index < -0.39 is 5.69 Å². The molecule has 1 aromatic carbocycles. The Labute approximate surface area is 184 Å². The zero-order valence-corrected chi connectivity index (χ0v) is 18.8. The molecule has 2 heterocycles. The number of allylic oxidation sites excluding steroid dienone is 1. The summed E-state index contributed by atoms with van der Waals surface area (Å²) in [6.45, 7) is 4.24. The van der Waals surface area contributed by atoms with Gasteiger partial charge in [0.15, 0.2) is 0 Å². The topological polar surface area (TPSA) is 73.1 Å². The molecule has 31 heavy (non-hydrogen) atoms. The van der Waals surface area contributed by atoms with Crippen LogP contribution in [0.15, 0.2) is 50.9 Å². The van der Waals surface area contributed by atoms with Crippen LogP contribution in [-0.2, 0) is 11.3 Å². The van der Waals surface area contributed by atoms with Gasteiger partial charge < -0.3 is 5.32 Å². The van der Waals surface area contributed by atoms with Crippen molar-refractivity contribution in [2.24, 2.45) is 0 Å². The number of fused-ring (bicyclic) bond motifs is 1. The fraction of sp³-hybridized carbons (Fsp3) is 0.375. The van der Waals surface area contributed by atoms with Crippen LogP contribution in [0.4, 0.5) is 0 Å². The molecule has 0 saturated carbocycles. The molecule has 3 aromatic rings. The van der Waals surface area contributed by atoms with E-state index >= 15 is 0 Å². The summed E-state index contributed by atoms with van der Waals surface area (Å²) in [7, 11) is 0. The normalized spacial score (nSPS) is 13.9. The lowest BCUT2D eigenvalue weighted by molar-refractivity contribution is -0.121. The van der Waals surface area contributed by atoms with Gasteiger partial charge in [-0.25, -0.2) is 9.36 Å². The van der Waals surface area contributed by atoms with Gasteiger partial charge in [0.25, 0.3) is 5.56 Å². The quantitative estimate of drug-likeness (QED) is 0.596. The van der Waals surface area contributed by atoms with E-state index in [4.69, 9.17) is 0 Å². The number of nitrogens with zero attached hydrogens (tertiary/aromatic N) is 2. The maximum Gasteiger partial charge on any atom is 0.336 e. The first-order chi connectivity index (χ1) is 15.0. The van der Waals surface area contributed by atoms with Crippen LogP contribution in [0.5, 0.6) is 0 Å². The van der Waals surface area contributed by atoms with Gasteiger partial charge in [-0.1, -0.05) is 23.8 Å². The highest BCUT2D eigenvalue weighted by Gasteiger charge is 2.18. The Kier molecular flexibility index (Phi) is 6.23. The summed E-state index contributed by atoms with van der Waals surface area (Å²) in [5.74, 6) is -0.225. The molecule has 1 amide bonds. The minimum atomic E-state index is -0.491. The average Bonchev–Trinajstić information content (AvgIpc) is 3.25. The van der Waals surface area contributed by atoms with Crippen LogP contribution < -0.4 is 16.6 Å². The summed E-state index contributed by atoms with van der Waals surface area (Å²) in [4.78, 5) is 39.1. The molecular formula is C24H27N3O3S. The Morgan fingerprint density at radius 2 is 2.00 bits per heavy atom. The maximum absolute atomic E-state index is 13.4. The van der Waals surface area contributed by atoms with E-state index in [0.717, 1.165) is 30.4 Å². The zero-order chi connectivity index (χ0) is 22.0. The highest BCUT2D eigenvalue weighted by Crippen LogP contribution is 2.20. The summed E-state index contributed by atoms with van der Waals surface area (Å²) in [6, 6.07) is 7.41. The molecule has 6 nitrogen and oxygen atoms in total. The Morgan fingerprint density at radius 1 is 1.16 bits per heavy atom. The molecule has 0 atom stereocenters. The number of hydrogen-bond acceptors (Lipinski definition) is 4. The summed E-state index contributed by atoms with van der Waals surface area (Å²) in [5, 5.41) is 4.71. The Bertz CT molecular complexity index is 1280. The van der Waals surface area contributed by atoms with Crippen molar-refractivity contribution in [3.05, 3.63) is 73.3 Å². The van der Waals surface area contributed by atoms with Gasteiger partial charge in [0.2, 0.25) is 5.91 Å². The molecule has 0 aliphatic heterocycles. The number of benzene rings is 1. The molecule has 7 heteroatoms. The lowest BCUT2D eigenvalue weighted by Crippen LogP contribution is -2.41. The van der Waals surface area contributed by atoms with Crippen LogP contribution in [-0.4, -0.2) is 21.6 Å². The first kappa shape index (κ1) is 21.3. The van der Waals surface area contributed by atoms with Crippen LogP contribution in [0.2, 0.25) is 0 Å². The fourth-order valence-electron chi connectivity index (χ4n) is 4.11. The van der Waals surface area contributed by atoms with E-state index in [1.165, 1.54) is 38.9 Å². The molecule has 2 aromatic heterocycles. The Balaban J connectivity index is 1.65. The number of nitrogens with one attached hydrogen (secondary N) is 1. The smallest absolute Gasteiger partial charge is 0.336 e. The van der Waals surface area contributed by atoms with E-state index in [2.05, 4.69) is 11.4 Å². The largest absolute Gasteiger partial charge is 0.354 e. The average molecular weight is 438 g/mol.